The number of hydrogen-bond donors (Lipinski definition) is 2. The van der Waals surface area contributed by atoms with E-state index >= 15 is 0 Å². The molecule has 0 amide bonds. The SMILES string of the molecule is COc1cc2nc(N3CCc4c(cccc4N=C(N)C4CCC4)C3)[nH]c(=O)c2c(C)c1OC. The lowest BCUT2D eigenvalue weighted by Gasteiger charge is -2.30. The van der Waals surface area contributed by atoms with Crippen LogP contribution < -0.4 is 25.7 Å². The number of aromatic nitrogens is 2. The van der Waals surface area contributed by atoms with Gasteiger partial charge in [-0.25, -0.2) is 9.98 Å². The summed E-state index contributed by atoms with van der Waals surface area (Å²) in [5, 5.41) is 0.511. The monoisotopic (exact) mass is 447 g/mol. The summed E-state index contributed by atoms with van der Waals surface area (Å²) >= 11 is 0. The second kappa shape index (κ2) is 8.42. The highest BCUT2D eigenvalue weighted by molar-refractivity contribution is 5.87. The quantitative estimate of drug-likeness (QED) is 0.457. The molecule has 172 valence electrons. The van der Waals surface area contributed by atoms with Crippen LogP contribution in [0.1, 0.15) is 36.0 Å². The van der Waals surface area contributed by atoms with Crippen LogP contribution in [-0.2, 0) is 13.0 Å². The van der Waals surface area contributed by atoms with E-state index in [1.165, 1.54) is 17.5 Å². The molecule has 1 aliphatic carbocycles. The van der Waals surface area contributed by atoms with Gasteiger partial charge >= 0.3 is 0 Å². The fourth-order valence-corrected chi connectivity index (χ4v) is 4.80. The lowest BCUT2D eigenvalue weighted by molar-refractivity contribution is 0.354. The Labute approximate surface area is 192 Å². The number of aryl methyl sites for hydroxylation is 1. The van der Waals surface area contributed by atoms with E-state index in [2.05, 4.69) is 16.0 Å². The third-order valence-electron chi connectivity index (χ3n) is 6.88. The minimum absolute atomic E-state index is 0.189. The van der Waals surface area contributed by atoms with Crippen molar-refractivity contribution < 1.29 is 9.47 Å². The topological polar surface area (TPSA) is 106 Å². The molecule has 8 heteroatoms. The summed E-state index contributed by atoms with van der Waals surface area (Å²) < 4.78 is 10.9. The van der Waals surface area contributed by atoms with Crippen molar-refractivity contribution >= 4 is 28.4 Å². The maximum atomic E-state index is 13.0. The molecule has 2 heterocycles. The van der Waals surface area contributed by atoms with E-state index in [1.807, 2.05) is 19.1 Å². The average molecular weight is 448 g/mol. The van der Waals surface area contributed by atoms with Gasteiger partial charge in [-0.15, -0.1) is 0 Å². The number of nitrogens with one attached hydrogen (secondary N) is 1. The highest BCUT2D eigenvalue weighted by Crippen LogP contribution is 2.36. The van der Waals surface area contributed by atoms with Gasteiger partial charge in [0.25, 0.3) is 5.56 Å². The molecule has 3 aromatic rings. The van der Waals surface area contributed by atoms with Gasteiger partial charge in [-0.1, -0.05) is 18.6 Å². The molecule has 0 atom stereocenters. The lowest BCUT2D eigenvalue weighted by atomic mass is 9.84. The highest BCUT2D eigenvalue weighted by atomic mass is 16.5. The molecule has 33 heavy (non-hydrogen) atoms. The first-order valence-electron chi connectivity index (χ1n) is 11.4. The van der Waals surface area contributed by atoms with E-state index < -0.39 is 0 Å². The van der Waals surface area contributed by atoms with Gasteiger partial charge in [0, 0.05) is 30.6 Å². The van der Waals surface area contributed by atoms with Crippen molar-refractivity contribution in [3.05, 3.63) is 51.3 Å². The number of benzene rings is 2. The smallest absolute Gasteiger partial charge is 0.260 e. The molecule has 1 aliphatic heterocycles. The Balaban J connectivity index is 1.49. The van der Waals surface area contributed by atoms with Crippen LogP contribution in [0.3, 0.4) is 0 Å². The maximum absolute atomic E-state index is 13.0. The number of methoxy groups -OCH3 is 2. The number of hydrogen-bond acceptors (Lipinski definition) is 6. The normalized spacial score (nSPS) is 16.5. The summed E-state index contributed by atoms with van der Waals surface area (Å²) in [4.78, 5) is 27.6. The van der Waals surface area contributed by atoms with E-state index in [0.717, 1.165) is 37.3 Å². The van der Waals surface area contributed by atoms with Crippen LogP contribution in [0.2, 0.25) is 0 Å². The predicted octanol–water partition coefficient (Wildman–Crippen LogP) is 3.60. The molecule has 5 rings (SSSR count). The summed E-state index contributed by atoms with van der Waals surface area (Å²) in [6, 6.07) is 7.93. The molecule has 3 N–H and O–H groups in total. The molecule has 0 unspecified atom stereocenters. The van der Waals surface area contributed by atoms with E-state index in [9.17, 15) is 4.79 Å². The Morgan fingerprint density at radius 2 is 2.09 bits per heavy atom. The zero-order chi connectivity index (χ0) is 23.1. The number of H-pyrrole nitrogens is 1. The zero-order valence-electron chi connectivity index (χ0n) is 19.3. The van der Waals surface area contributed by atoms with Gasteiger partial charge in [0.15, 0.2) is 11.5 Å². The van der Waals surface area contributed by atoms with E-state index in [4.69, 9.17) is 25.2 Å². The van der Waals surface area contributed by atoms with Gasteiger partial charge in [-0.3, -0.25) is 9.78 Å². The van der Waals surface area contributed by atoms with Gasteiger partial charge in [0.2, 0.25) is 5.95 Å². The number of aliphatic imine (C=N–C) groups is 1. The van der Waals surface area contributed by atoms with Crippen molar-refractivity contribution in [1.29, 1.82) is 0 Å². The fraction of sp³-hybridized carbons (Fsp3) is 0.400. The van der Waals surface area contributed by atoms with Crippen LogP contribution >= 0.6 is 0 Å². The molecule has 1 fully saturated rings. The second-order valence-corrected chi connectivity index (χ2v) is 8.77. The molecule has 1 saturated carbocycles. The third kappa shape index (κ3) is 3.69. The number of rotatable bonds is 5. The summed E-state index contributed by atoms with van der Waals surface area (Å²) in [5.74, 6) is 2.82. The number of nitrogens with two attached hydrogens (primary N) is 1. The van der Waals surface area contributed by atoms with Crippen LogP contribution in [0.25, 0.3) is 10.9 Å². The molecule has 8 nitrogen and oxygen atoms in total. The minimum atomic E-state index is -0.189. The number of amidine groups is 1. The third-order valence-corrected chi connectivity index (χ3v) is 6.88. The van der Waals surface area contributed by atoms with Crippen molar-refractivity contribution in [2.45, 2.75) is 39.2 Å². The molecular weight excluding hydrogens is 418 g/mol. The van der Waals surface area contributed by atoms with Gasteiger partial charge in [-0.05, 0) is 43.4 Å². The van der Waals surface area contributed by atoms with Crippen LogP contribution in [0.15, 0.2) is 34.1 Å². The fourth-order valence-electron chi connectivity index (χ4n) is 4.80. The van der Waals surface area contributed by atoms with Crippen molar-refractivity contribution in [2.24, 2.45) is 16.6 Å². The summed E-state index contributed by atoms with van der Waals surface area (Å²) in [5.41, 5.74) is 10.7. The first-order chi connectivity index (χ1) is 16.0. The van der Waals surface area contributed by atoms with E-state index in [-0.39, 0.29) is 5.56 Å². The molecule has 2 aromatic carbocycles. The van der Waals surface area contributed by atoms with Crippen molar-refractivity contribution in [1.82, 2.24) is 9.97 Å². The number of anilines is 1. The van der Waals surface area contributed by atoms with Crippen molar-refractivity contribution in [3.8, 4) is 11.5 Å². The standard InChI is InChI=1S/C25H29N5O3/c1-14-21-19(12-20(32-2)22(14)33-3)28-25(29-24(21)31)30-11-10-17-16(13-30)8-5-9-18(17)27-23(26)15-6-4-7-15/h5,8-9,12,15H,4,6-7,10-11,13H2,1-3H3,(H2,26,27)(H,28,29,31). The number of aromatic amines is 1. The van der Waals surface area contributed by atoms with Crippen LogP contribution in [0, 0.1) is 12.8 Å². The zero-order valence-corrected chi connectivity index (χ0v) is 19.3. The van der Waals surface area contributed by atoms with Gasteiger partial charge < -0.3 is 20.1 Å². The molecule has 0 spiro atoms. The molecule has 0 saturated heterocycles. The number of fused-ring (bicyclic) bond motifs is 2. The van der Waals surface area contributed by atoms with Crippen LogP contribution in [0.5, 0.6) is 11.5 Å². The van der Waals surface area contributed by atoms with E-state index in [1.54, 1.807) is 20.3 Å². The Morgan fingerprint density at radius 3 is 2.79 bits per heavy atom. The summed E-state index contributed by atoms with van der Waals surface area (Å²) in [6.45, 7) is 3.21. The molecular formula is C25H29N5O3. The first kappa shape index (κ1) is 21.3. The Hall–Kier alpha value is -3.55. The van der Waals surface area contributed by atoms with Crippen LogP contribution in [0.4, 0.5) is 11.6 Å². The second-order valence-electron chi connectivity index (χ2n) is 8.77. The summed E-state index contributed by atoms with van der Waals surface area (Å²) in [7, 11) is 3.15. The van der Waals surface area contributed by atoms with Gasteiger partial charge in [-0.2, -0.15) is 0 Å². The van der Waals surface area contributed by atoms with Gasteiger partial charge in [0.05, 0.1) is 30.8 Å². The number of nitrogens with zero attached hydrogens (tertiary/aromatic N) is 3. The first-order valence-corrected chi connectivity index (χ1v) is 11.4. The van der Waals surface area contributed by atoms with E-state index in [0.29, 0.717) is 46.4 Å². The van der Waals surface area contributed by atoms with Crippen LogP contribution in [-0.4, -0.2) is 36.6 Å². The Morgan fingerprint density at radius 1 is 1.27 bits per heavy atom. The Kier molecular flexibility index (Phi) is 5.44. The lowest BCUT2D eigenvalue weighted by Crippen LogP contribution is -2.33. The molecule has 2 aliphatic rings. The molecule has 1 aromatic heterocycles. The Bertz CT molecular complexity index is 1310. The minimum Gasteiger partial charge on any atom is -0.493 e. The number of ether oxygens (including phenoxy) is 2. The summed E-state index contributed by atoms with van der Waals surface area (Å²) in [6.07, 6.45) is 4.31. The van der Waals surface area contributed by atoms with Crippen molar-refractivity contribution in [3.63, 3.8) is 0 Å². The highest BCUT2D eigenvalue weighted by Gasteiger charge is 2.24. The largest absolute Gasteiger partial charge is 0.493 e. The molecule has 0 radical (unpaired) electrons. The van der Waals surface area contributed by atoms with Gasteiger partial charge in [0.1, 0.15) is 5.84 Å². The van der Waals surface area contributed by atoms with Crippen molar-refractivity contribution in [2.75, 3.05) is 25.7 Å². The molecule has 0 bridgehead atoms. The predicted molar refractivity (Wildman–Crippen MR) is 130 cm³/mol. The maximum Gasteiger partial charge on any atom is 0.260 e. The average Bonchev–Trinajstić information content (AvgIpc) is 2.77.